The maximum Gasteiger partial charge on any atom is 0.284 e. The van der Waals surface area contributed by atoms with E-state index < -0.39 is 4.92 Å². The molecule has 10 heteroatoms. The van der Waals surface area contributed by atoms with Gasteiger partial charge >= 0.3 is 0 Å². The zero-order valence-corrected chi connectivity index (χ0v) is 15.4. The number of nitro groups is 1. The van der Waals surface area contributed by atoms with Crippen LogP contribution in [0.5, 0.6) is 0 Å². The summed E-state index contributed by atoms with van der Waals surface area (Å²) in [6, 6.07) is 12.7. The summed E-state index contributed by atoms with van der Waals surface area (Å²) in [6.07, 6.45) is -0.00449. The first kappa shape index (κ1) is 19.2. The molecular formula is C18H14N4O5S. The number of anilines is 1. The molecule has 2 aromatic carbocycles. The molecule has 0 radical (unpaired) electrons. The van der Waals surface area contributed by atoms with Crippen LogP contribution < -0.4 is 5.32 Å². The molecular weight excluding hydrogens is 384 g/mol. The van der Waals surface area contributed by atoms with Crippen molar-refractivity contribution in [1.29, 1.82) is 0 Å². The number of aromatic nitrogens is 2. The fourth-order valence-corrected chi connectivity index (χ4v) is 2.98. The molecule has 3 rings (SSSR count). The second kappa shape index (κ2) is 8.44. The number of nitro benzene ring substituents is 1. The second-order valence-electron chi connectivity index (χ2n) is 5.71. The van der Waals surface area contributed by atoms with Crippen molar-refractivity contribution in [2.45, 2.75) is 18.6 Å². The van der Waals surface area contributed by atoms with Crippen LogP contribution >= 0.6 is 11.8 Å². The smallest absolute Gasteiger partial charge is 0.284 e. The van der Waals surface area contributed by atoms with Crippen LogP contribution in [0.1, 0.15) is 12.5 Å². The first-order valence-electron chi connectivity index (χ1n) is 8.06. The number of amides is 1. The lowest BCUT2D eigenvalue weighted by Gasteiger charge is -2.01. The van der Waals surface area contributed by atoms with Crippen LogP contribution in [0, 0.1) is 10.1 Å². The van der Waals surface area contributed by atoms with E-state index in [-0.39, 0.29) is 34.2 Å². The standard InChI is InChI=1S/C18H14N4O5S/c1-11(23)19-14-7-5-13(6-8-14)17-20-21-18(27-17)28-16(24)10-12-3-2-4-15(9-12)22(25)26/h2-9H,10H2,1H3,(H,19,23). The first-order chi connectivity index (χ1) is 13.4. The molecule has 28 heavy (non-hydrogen) atoms. The van der Waals surface area contributed by atoms with Crippen molar-refractivity contribution >= 4 is 34.2 Å². The van der Waals surface area contributed by atoms with E-state index in [1.54, 1.807) is 30.3 Å². The highest BCUT2D eigenvalue weighted by Gasteiger charge is 2.15. The van der Waals surface area contributed by atoms with Crippen molar-refractivity contribution in [3.63, 3.8) is 0 Å². The van der Waals surface area contributed by atoms with E-state index in [2.05, 4.69) is 15.5 Å². The molecule has 0 unspecified atom stereocenters. The zero-order valence-electron chi connectivity index (χ0n) is 14.6. The summed E-state index contributed by atoms with van der Waals surface area (Å²) < 4.78 is 5.49. The molecule has 1 N–H and O–H groups in total. The Morgan fingerprint density at radius 1 is 1.18 bits per heavy atom. The molecule has 1 heterocycles. The Kier molecular flexibility index (Phi) is 5.80. The first-order valence-corrected chi connectivity index (χ1v) is 8.88. The summed E-state index contributed by atoms with van der Waals surface area (Å²) in [5.41, 5.74) is 1.73. The maximum atomic E-state index is 12.2. The fourth-order valence-electron chi connectivity index (χ4n) is 2.35. The Labute approximate surface area is 163 Å². The molecule has 0 fully saturated rings. The summed E-state index contributed by atoms with van der Waals surface area (Å²) in [5, 5.41) is 21.0. The van der Waals surface area contributed by atoms with Crippen molar-refractivity contribution in [1.82, 2.24) is 10.2 Å². The lowest BCUT2D eigenvalue weighted by atomic mass is 10.1. The average Bonchev–Trinajstić information content (AvgIpc) is 3.10. The Hall–Kier alpha value is -3.53. The van der Waals surface area contributed by atoms with E-state index in [1.807, 2.05) is 0 Å². The zero-order chi connectivity index (χ0) is 20.1. The second-order valence-corrected chi connectivity index (χ2v) is 6.72. The van der Waals surface area contributed by atoms with Crippen LogP contribution in [-0.4, -0.2) is 26.1 Å². The van der Waals surface area contributed by atoms with Crippen LogP contribution in [0.25, 0.3) is 11.5 Å². The highest BCUT2D eigenvalue weighted by molar-refractivity contribution is 8.13. The van der Waals surface area contributed by atoms with E-state index in [9.17, 15) is 19.7 Å². The number of nitrogens with one attached hydrogen (secondary N) is 1. The lowest BCUT2D eigenvalue weighted by molar-refractivity contribution is -0.384. The number of nitrogens with zero attached hydrogens (tertiary/aromatic N) is 3. The minimum Gasteiger partial charge on any atom is -0.411 e. The van der Waals surface area contributed by atoms with Crippen LogP contribution in [-0.2, 0) is 16.0 Å². The van der Waals surface area contributed by atoms with Crippen LogP contribution in [0.15, 0.2) is 58.2 Å². The number of carbonyl (C=O) groups excluding carboxylic acids is 2. The monoisotopic (exact) mass is 398 g/mol. The molecule has 0 aliphatic heterocycles. The van der Waals surface area contributed by atoms with Gasteiger partial charge in [0.2, 0.25) is 16.9 Å². The van der Waals surface area contributed by atoms with Gasteiger partial charge in [-0.1, -0.05) is 12.1 Å². The van der Waals surface area contributed by atoms with E-state index in [0.29, 0.717) is 16.8 Å². The normalized spacial score (nSPS) is 10.5. The van der Waals surface area contributed by atoms with Crippen molar-refractivity contribution in [2.75, 3.05) is 5.32 Å². The van der Waals surface area contributed by atoms with Gasteiger partial charge in [-0.15, -0.1) is 10.2 Å². The fraction of sp³-hybridized carbons (Fsp3) is 0.111. The average molecular weight is 398 g/mol. The van der Waals surface area contributed by atoms with Gasteiger partial charge in [-0.25, -0.2) is 0 Å². The van der Waals surface area contributed by atoms with E-state index in [4.69, 9.17) is 4.42 Å². The van der Waals surface area contributed by atoms with E-state index >= 15 is 0 Å². The summed E-state index contributed by atoms with van der Waals surface area (Å²) in [5.74, 6) is 0.0616. The summed E-state index contributed by atoms with van der Waals surface area (Å²) in [7, 11) is 0. The molecule has 0 atom stereocenters. The van der Waals surface area contributed by atoms with Gasteiger partial charge < -0.3 is 9.73 Å². The molecule has 0 saturated carbocycles. The van der Waals surface area contributed by atoms with Crippen LogP contribution in [0.4, 0.5) is 11.4 Å². The van der Waals surface area contributed by atoms with Gasteiger partial charge in [0, 0.05) is 48.5 Å². The van der Waals surface area contributed by atoms with Gasteiger partial charge in [0.25, 0.3) is 10.9 Å². The Morgan fingerprint density at radius 3 is 2.61 bits per heavy atom. The van der Waals surface area contributed by atoms with Gasteiger partial charge in [-0.05, 0) is 29.8 Å². The predicted octanol–water partition coefficient (Wildman–Crippen LogP) is 3.46. The maximum absolute atomic E-state index is 12.2. The predicted molar refractivity (Wildman–Crippen MR) is 102 cm³/mol. The van der Waals surface area contributed by atoms with Gasteiger partial charge in [0.05, 0.1) is 4.92 Å². The topological polar surface area (TPSA) is 128 Å². The van der Waals surface area contributed by atoms with Crippen molar-refractivity contribution in [3.05, 3.63) is 64.2 Å². The Balaban J connectivity index is 1.64. The number of carbonyl (C=O) groups is 2. The number of hydrogen-bond acceptors (Lipinski definition) is 8. The molecule has 0 aliphatic rings. The number of thioether (sulfide) groups is 1. The number of non-ortho nitro benzene ring substituents is 1. The molecule has 1 amide bonds. The molecule has 3 aromatic rings. The number of rotatable bonds is 6. The van der Waals surface area contributed by atoms with E-state index in [0.717, 1.165) is 11.8 Å². The summed E-state index contributed by atoms with van der Waals surface area (Å²) >= 11 is 0.774. The molecule has 9 nitrogen and oxygen atoms in total. The van der Waals surface area contributed by atoms with Crippen molar-refractivity contribution in [2.24, 2.45) is 0 Å². The van der Waals surface area contributed by atoms with Crippen molar-refractivity contribution < 1.29 is 18.9 Å². The molecule has 0 spiro atoms. The summed E-state index contributed by atoms with van der Waals surface area (Å²) in [6.45, 7) is 1.42. The molecule has 142 valence electrons. The van der Waals surface area contributed by atoms with E-state index in [1.165, 1.54) is 25.1 Å². The number of hydrogen-bond donors (Lipinski definition) is 1. The Morgan fingerprint density at radius 2 is 1.93 bits per heavy atom. The minimum atomic E-state index is -0.511. The van der Waals surface area contributed by atoms with Crippen molar-refractivity contribution in [3.8, 4) is 11.5 Å². The third-order valence-corrected chi connectivity index (χ3v) is 4.24. The highest BCUT2D eigenvalue weighted by atomic mass is 32.2. The van der Waals surface area contributed by atoms with Gasteiger partial charge in [-0.2, -0.15) is 0 Å². The third-order valence-electron chi connectivity index (χ3n) is 3.53. The van der Waals surface area contributed by atoms with Gasteiger partial charge in [0.1, 0.15) is 0 Å². The minimum absolute atomic E-state index is 0.00449. The molecule has 0 saturated heterocycles. The lowest BCUT2D eigenvalue weighted by Crippen LogP contribution is -2.05. The SMILES string of the molecule is CC(=O)Nc1ccc(-c2nnc(SC(=O)Cc3cccc([N+](=O)[O-])c3)o2)cc1. The molecule has 0 aliphatic carbocycles. The molecule has 1 aromatic heterocycles. The van der Waals surface area contributed by atoms with Gasteiger partial charge in [-0.3, -0.25) is 19.7 Å². The quantitative estimate of drug-likeness (QED) is 0.380. The summed E-state index contributed by atoms with van der Waals surface area (Å²) in [4.78, 5) is 33.5. The van der Waals surface area contributed by atoms with Crippen LogP contribution in [0.2, 0.25) is 0 Å². The Bertz CT molecular complexity index is 1030. The highest BCUT2D eigenvalue weighted by Crippen LogP contribution is 2.26. The number of benzene rings is 2. The largest absolute Gasteiger partial charge is 0.411 e. The van der Waals surface area contributed by atoms with Crippen LogP contribution in [0.3, 0.4) is 0 Å². The third kappa shape index (κ3) is 5.01. The van der Waals surface area contributed by atoms with Gasteiger partial charge in [0.15, 0.2) is 0 Å². The molecule has 0 bridgehead atoms.